The van der Waals surface area contributed by atoms with E-state index in [0.29, 0.717) is 11.5 Å². The van der Waals surface area contributed by atoms with Gasteiger partial charge in [-0.15, -0.1) is 0 Å². The molecule has 0 fully saturated rings. The van der Waals surface area contributed by atoms with Crippen molar-refractivity contribution < 1.29 is 18.7 Å². The van der Waals surface area contributed by atoms with Crippen molar-refractivity contribution in [2.45, 2.75) is 0 Å². The lowest BCUT2D eigenvalue weighted by Crippen LogP contribution is -2.28. The first kappa shape index (κ1) is 12.8. The molecule has 0 aliphatic rings. The van der Waals surface area contributed by atoms with Crippen molar-refractivity contribution in [3.63, 3.8) is 0 Å². The second kappa shape index (κ2) is 5.81. The van der Waals surface area contributed by atoms with Gasteiger partial charge in [-0.05, 0) is 12.1 Å². The number of methoxy groups -OCH3 is 1. The van der Waals surface area contributed by atoms with Crippen LogP contribution in [0.25, 0.3) is 17.2 Å². The minimum absolute atomic E-state index is 0.173. The van der Waals surface area contributed by atoms with Gasteiger partial charge >= 0.3 is 5.97 Å². The maximum atomic E-state index is 11.4. The summed E-state index contributed by atoms with van der Waals surface area (Å²) in [5.74, 6) is -0.606. The molecule has 0 unspecified atom stereocenters. The van der Waals surface area contributed by atoms with E-state index in [4.69, 9.17) is 4.42 Å². The Morgan fingerprint density at radius 2 is 2.21 bits per heavy atom. The van der Waals surface area contributed by atoms with Gasteiger partial charge in [0.15, 0.2) is 5.58 Å². The number of hydrogen-bond donors (Lipinski definition) is 1. The van der Waals surface area contributed by atoms with Crippen molar-refractivity contribution in [1.82, 2.24) is 10.3 Å². The van der Waals surface area contributed by atoms with E-state index in [9.17, 15) is 9.59 Å². The number of carbonyl (C=O) groups excluding carboxylic acids is 2. The smallest absolute Gasteiger partial charge is 0.325 e. The third-order valence-corrected chi connectivity index (χ3v) is 2.32. The maximum Gasteiger partial charge on any atom is 0.325 e. The van der Waals surface area contributed by atoms with E-state index in [0.717, 1.165) is 5.52 Å². The highest BCUT2D eigenvalue weighted by Gasteiger charge is 2.04. The van der Waals surface area contributed by atoms with Gasteiger partial charge in [-0.3, -0.25) is 9.59 Å². The van der Waals surface area contributed by atoms with Crippen LogP contribution in [0.4, 0.5) is 0 Å². The zero-order valence-electron chi connectivity index (χ0n) is 10.3. The zero-order chi connectivity index (χ0) is 13.7. The highest BCUT2D eigenvalue weighted by molar-refractivity contribution is 5.93. The van der Waals surface area contributed by atoms with Gasteiger partial charge in [0.25, 0.3) is 0 Å². The molecule has 0 saturated heterocycles. The van der Waals surface area contributed by atoms with Crippen LogP contribution >= 0.6 is 0 Å². The van der Waals surface area contributed by atoms with Crippen LogP contribution < -0.4 is 5.32 Å². The lowest BCUT2D eigenvalue weighted by atomic mass is 10.3. The molecule has 0 spiro atoms. The van der Waals surface area contributed by atoms with Crippen molar-refractivity contribution in [3.05, 3.63) is 36.2 Å². The molecular formula is C13H12N2O4. The van der Waals surface area contributed by atoms with Gasteiger partial charge < -0.3 is 14.5 Å². The van der Waals surface area contributed by atoms with Gasteiger partial charge in [-0.1, -0.05) is 12.1 Å². The number of nitrogens with one attached hydrogen (secondary N) is 1. The molecule has 1 aromatic carbocycles. The van der Waals surface area contributed by atoms with E-state index in [1.54, 1.807) is 6.07 Å². The number of rotatable bonds is 4. The number of oxazole rings is 1. The molecule has 0 aliphatic carbocycles. The van der Waals surface area contributed by atoms with Crippen LogP contribution in [-0.2, 0) is 14.3 Å². The van der Waals surface area contributed by atoms with Crippen LogP contribution in [0.5, 0.6) is 0 Å². The summed E-state index contributed by atoms with van der Waals surface area (Å²) in [7, 11) is 1.25. The highest BCUT2D eigenvalue weighted by Crippen LogP contribution is 2.15. The fourth-order valence-electron chi connectivity index (χ4n) is 1.40. The average molecular weight is 260 g/mol. The highest BCUT2D eigenvalue weighted by atomic mass is 16.5. The van der Waals surface area contributed by atoms with Crippen molar-refractivity contribution in [2.24, 2.45) is 0 Å². The third-order valence-electron chi connectivity index (χ3n) is 2.32. The Balaban J connectivity index is 1.98. The van der Waals surface area contributed by atoms with Gasteiger partial charge in [0, 0.05) is 12.2 Å². The van der Waals surface area contributed by atoms with E-state index >= 15 is 0 Å². The molecule has 2 aromatic rings. The van der Waals surface area contributed by atoms with Crippen LogP contribution in [0.15, 0.2) is 34.8 Å². The summed E-state index contributed by atoms with van der Waals surface area (Å²) in [6, 6.07) is 7.29. The summed E-state index contributed by atoms with van der Waals surface area (Å²) < 4.78 is 9.79. The predicted molar refractivity (Wildman–Crippen MR) is 68.1 cm³/mol. The van der Waals surface area contributed by atoms with Gasteiger partial charge in [-0.25, -0.2) is 4.98 Å². The fourth-order valence-corrected chi connectivity index (χ4v) is 1.40. The number of aromatic nitrogens is 1. The second-order valence-electron chi connectivity index (χ2n) is 3.65. The molecule has 19 heavy (non-hydrogen) atoms. The Bertz CT molecular complexity index is 597. The summed E-state index contributed by atoms with van der Waals surface area (Å²) in [5, 5.41) is 2.37. The molecule has 1 amide bonds. The normalized spacial score (nSPS) is 10.8. The molecule has 2 rings (SSSR count). The van der Waals surface area contributed by atoms with Gasteiger partial charge in [0.05, 0.1) is 7.11 Å². The van der Waals surface area contributed by atoms with Crippen LogP contribution in [0.2, 0.25) is 0 Å². The van der Waals surface area contributed by atoms with Gasteiger partial charge in [0.1, 0.15) is 12.1 Å². The SMILES string of the molecule is COC(=O)CNC(=O)/C=C/c1nc2ccccc2o1. The lowest BCUT2D eigenvalue weighted by molar-refractivity contribution is -0.140. The van der Waals surface area contributed by atoms with Gasteiger partial charge in [0.2, 0.25) is 11.8 Å². The summed E-state index contributed by atoms with van der Waals surface area (Å²) in [6.45, 7) is -0.173. The van der Waals surface area contributed by atoms with E-state index in [2.05, 4.69) is 15.0 Å². The molecule has 0 radical (unpaired) electrons. The second-order valence-corrected chi connectivity index (χ2v) is 3.65. The van der Waals surface area contributed by atoms with Crippen molar-refractivity contribution >= 4 is 29.1 Å². The number of amides is 1. The summed E-state index contributed by atoms with van der Waals surface area (Å²) in [5.41, 5.74) is 1.37. The maximum absolute atomic E-state index is 11.4. The number of ether oxygens (including phenoxy) is 1. The van der Waals surface area contributed by atoms with E-state index in [1.807, 2.05) is 18.2 Å². The molecule has 0 saturated carbocycles. The van der Waals surface area contributed by atoms with Crippen LogP contribution in [0.1, 0.15) is 5.89 Å². The molecule has 1 N–H and O–H groups in total. The van der Waals surface area contributed by atoms with Crippen molar-refractivity contribution in [1.29, 1.82) is 0 Å². The molecule has 1 aromatic heterocycles. The van der Waals surface area contributed by atoms with Crippen LogP contribution in [0.3, 0.4) is 0 Å². The minimum atomic E-state index is -0.511. The molecule has 6 heteroatoms. The van der Waals surface area contributed by atoms with Crippen LogP contribution in [-0.4, -0.2) is 30.5 Å². The topological polar surface area (TPSA) is 81.4 Å². The van der Waals surface area contributed by atoms with Gasteiger partial charge in [-0.2, -0.15) is 0 Å². The Morgan fingerprint density at radius 3 is 2.95 bits per heavy atom. The minimum Gasteiger partial charge on any atom is -0.468 e. The Morgan fingerprint density at radius 1 is 1.42 bits per heavy atom. The first-order valence-electron chi connectivity index (χ1n) is 5.57. The van der Waals surface area contributed by atoms with Crippen molar-refractivity contribution in [2.75, 3.05) is 13.7 Å². The average Bonchev–Trinajstić information content (AvgIpc) is 2.85. The quantitative estimate of drug-likeness (QED) is 0.658. The first-order valence-corrected chi connectivity index (χ1v) is 5.57. The number of benzene rings is 1. The first-order chi connectivity index (χ1) is 9.19. The standard InChI is InChI=1S/C13H12N2O4/c1-18-13(17)8-14-11(16)6-7-12-15-9-4-2-3-5-10(9)19-12/h2-7H,8H2,1H3,(H,14,16)/b7-6+. The molecule has 0 bridgehead atoms. The fraction of sp³-hybridized carbons (Fsp3) is 0.154. The molecule has 6 nitrogen and oxygen atoms in total. The van der Waals surface area contributed by atoms with Crippen LogP contribution in [0, 0.1) is 0 Å². The van der Waals surface area contributed by atoms with E-state index in [-0.39, 0.29) is 6.54 Å². The summed E-state index contributed by atoms with van der Waals surface area (Å²) >= 11 is 0. The zero-order valence-corrected chi connectivity index (χ0v) is 10.3. The number of carbonyl (C=O) groups is 2. The van der Waals surface area contributed by atoms with E-state index in [1.165, 1.54) is 19.3 Å². The monoisotopic (exact) mass is 260 g/mol. The Kier molecular flexibility index (Phi) is 3.92. The van der Waals surface area contributed by atoms with Crippen molar-refractivity contribution in [3.8, 4) is 0 Å². The summed E-state index contributed by atoms with van der Waals surface area (Å²) in [4.78, 5) is 26.4. The molecule has 0 aliphatic heterocycles. The third kappa shape index (κ3) is 3.41. The number of para-hydroxylation sites is 2. The molecule has 1 heterocycles. The largest absolute Gasteiger partial charge is 0.468 e. The summed E-state index contributed by atoms with van der Waals surface area (Å²) in [6.07, 6.45) is 2.68. The Hall–Kier alpha value is -2.63. The van der Waals surface area contributed by atoms with E-state index < -0.39 is 11.9 Å². The Labute approximate surface area is 109 Å². The molecular weight excluding hydrogens is 248 g/mol. The lowest BCUT2D eigenvalue weighted by Gasteiger charge is -1.98. The molecule has 98 valence electrons. The number of esters is 1. The number of hydrogen-bond acceptors (Lipinski definition) is 5. The predicted octanol–water partition coefficient (Wildman–Crippen LogP) is 1.13. The number of nitrogens with zero attached hydrogens (tertiary/aromatic N) is 1. The number of fused-ring (bicyclic) bond motifs is 1. The molecule has 0 atom stereocenters.